The lowest BCUT2D eigenvalue weighted by Gasteiger charge is -2.23. The van der Waals surface area contributed by atoms with Gasteiger partial charge >= 0.3 is 0 Å². The molecule has 0 spiro atoms. The maximum atomic E-state index is 11.9. The van der Waals surface area contributed by atoms with Crippen LogP contribution in [0.2, 0.25) is 0 Å². The first kappa shape index (κ1) is 13.9. The molecular weight excluding hydrogens is 286 g/mol. The Bertz CT molecular complexity index is 360. The van der Waals surface area contributed by atoms with Gasteiger partial charge in [-0.3, -0.25) is 4.79 Å². The van der Waals surface area contributed by atoms with E-state index in [4.69, 9.17) is 5.73 Å². The van der Waals surface area contributed by atoms with E-state index >= 15 is 0 Å². The second-order valence-electron chi connectivity index (χ2n) is 4.72. The number of halogens is 1. The predicted molar refractivity (Wildman–Crippen MR) is 73.0 cm³/mol. The van der Waals surface area contributed by atoms with Gasteiger partial charge < -0.3 is 5.73 Å². The van der Waals surface area contributed by atoms with Crippen LogP contribution in [-0.4, -0.2) is 12.3 Å². The normalized spacial score (nSPS) is 11.8. The van der Waals surface area contributed by atoms with E-state index in [1.807, 2.05) is 11.4 Å². The smallest absolute Gasteiger partial charge is 0.173 e. The van der Waals surface area contributed by atoms with Crippen LogP contribution in [0.1, 0.15) is 42.8 Å². The average Bonchev–Trinajstić information content (AvgIpc) is 2.61. The van der Waals surface area contributed by atoms with Crippen molar-refractivity contribution in [2.75, 3.05) is 6.54 Å². The molecule has 0 aliphatic heterocycles. The molecule has 0 aliphatic carbocycles. The molecule has 0 unspecified atom stereocenters. The van der Waals surface area contributed by atoms with Gasteiger partial charge in [0.1, 0.15) is 0 Å². The number of nitrogens with two attached hydrogens (primary N) is 1. The fourth-order valence-electron chi connectivity index (χ4n) is 1.57. The molecule has 0 aliphatic rings. The highest BCUT2D eigenvalue weighted by Gasteiger charge is 2.20. The largest absolute Gasteiger partial charge is 0.330 e. The van der Waals surface area contributed by atoms with Crippen LogP contribution in [0.15, 0.2) is 15.9 Å². The van der Waals surface area contributed by atoms with Gasteiger partial charge in [0.15, 0.2) is 5.78 Å². The highest BCUT2D eigenvalue weighted by molar-refractivity contribution is 9.10. The van der Waals surface area contributed by atoms with E-state index in [0.29, 0.717) is 13.0 Å². The number of ketones is 1. The first-order chi connectivity index (χ1) is 7.46. The summed E-state index contributed by atoms with van der Waals surface area (Å²) in [4.78, 5) is 12.8. The summed E-state index contributed by atoms with van der Waals surface area (Å²) >= 11 is 4.89. The van der Waals surface area contributed by atoms with Gasteiger partial charge in [-0.05, 0) is 52.2 Å². The number of thiophene rings is 1. The summed E-state index contributed by atoms with van der Waals surface area (Å²) in [5.74, 6) is 0.229. The molecule has 2 N–H and O–H groups in total. The Kier molecular flexibility index (Phi) is 5.15. The van der Waals surface area contributed by atoms with E-state index in [1.165, 1.54) is 11.3 Å². The second kappa shape index (κ2) is 5.94. The average molecular weight is 304 g/mol. The molecular formula is C12H18BrNOS. The summed E-state index contributed by atoms with van der Waals surface area (Å²) in [6, 6.07) is 1.92. The second-order valence-corrected chi connectivity index (χ2v) is 6.49. The zero-order valence-electron chi connectivity index (χ0n) is 9.75. The molecule has 1 aromatic rings. The van der Waals surface area contributed by atoms with E-state index in [-0.39, 0.29) is 11.2 Å². The molecule has 90 valence electrons. The Hall–Kier alpha value is -0.190. The van der Waals surface area contributed by atoms with Crippen molar-refractivity contribution in [1.29, 1.82) is 0 Å². The van der Waals surface area contributed by atoms with E-state index < -0.39 is 0 Å². The molecule has 0 bridgehead atoms. The van der Waals surface area contributed by atoms with Crippen LogP contribution in [0.5, 0.6) is 0 Å². The van der Waals surface area contributed by atoms with Crippen molar-refractivity contribution in [2.24, 2.45) is 11.1 Å². The maximum Gasteiger partial charge on any atom is 0.173 e. The highest BCUT2D eigenvalue weighted by Crippen LogP contribution is 2.29. The molecule has 0 saturated carbocycles. The quantitative estimate of drug-likeness (QED) is 0.811. The topological polar surface area (TPSA) is 43.1 Å². The van der Waals surface area contributed by atoms with Gasteiger partial charge in [0.25, 0.3) is 0 Å². The lowest BCUT2D eigenvalue weighted by molar-refractivity contribution is 0.0965. The first-order valence-electron chi connectivity index (χ1n) is 5.42. The lowest BCUT2D eigenvalue weighted by Crippen LogP contribution is -2.18. The fourth-order valence-corrected chi connectivity index (χ4v) is 3.14. The van der Waals surface area contributed by atoms with Crippen molar-refractivity contribution >= 4 is 33.0 Å². The molecule has 0 atom stereocenters. The van der Waals surface area contributed by atoms with Crippen LogP contribution >= 0.6 is 27.3 Å². The lowest BCUT2D eigenvalue weighted by atomic mass is 9.83. The van der Waals surface area contributed by atoms with Crippen LogP contribution in [0, 0.1) is 5.41 Å². The molecule has 0 radical (unpaired) electrons. The zero-order chi connectivity index (χ0) is 12.2. The third kappa shape index (κ3) is 4.00. The summed E-state index contributed by atoms with van der Waals surface area (Å²) in [7, 11) is 0. The van der Waals surface area contributed by atoms with Crippen molar-refractivity contribution in [3.8, 4) is 0 Å². The van der Waals surface area contributed by atoms with Gasteiger partial charge in [-0.1, -0.05) is 13.8 Å². The van der Waals surface area contributed by atoms with Gasteiger partial charge in [-0.25, -0.2) is 0 Å². The SMILES string of the molecule is CC(C)(CCN)CCC(=O)c1sccc1Br. The van der Waals surface area contributed by atoms with Gasteiger partial charge in [-0.2, -0.15) is 0 Å². The Labute approximate surface area is 109 Å². The molecule has 1 heterocycles. The Morgan fingerprint density at radius 3 is 2.69 bits per heavy atom. The van der Waals surface area contributed by atoms with Crippen molar-refractivity contribution < 1.29 is 4.79 Å². The van der Waals surface area contributed by atoms with Gasteiger partial charge in [-0.15, -0.1) is 11.3 Å². The van der Waals surface area contributed by atoms with Gasteiger partial charge in [0, 0.05) is 10.9 Å². The summed E-state index contributed by atoms with van der Waals surface area (Å²) in [5, 5.41) is 1.93. The van der Waals surface area contributed by atoms with E-state index in [2.05, 4.69) is 29.8 Å². The van der Waals surface area contributed by atoms with Gasteiger partial charge in [0.2, 0.25) is 0 Å². The minimum atomic E-state index is 0.161. The summed E-state index contributed by atoms with van der Waals surface area (Å²) < 4.78 is 0.916. The van der Waals surface area contributed by atoms with Crippen molar-refractivity contribution in [2.45, 2.75) is 33.1 Å². The molecule has 0 saturated heterocycles. The third-order valence-electron chi connectivity index (χ3n) is 2.72. The molecule has 0 amide bonds. The number of carbonyl (C=O) groups is 1. The minimum Gasteiger partial charge on any atom is -0.330 e. The number of rotatable bonds is 6. The van der Waals surface area contributed by atoms with Crippen molar-refractivity contribution in [3.63, 3.8) is 0 Å². The molecule has 0 aromatic carbocycles. The van der Waals surface area contributed by atoms with Crippen LogP contribution < -0.4 is 5.73 Å². The van der Waals surface area contributed by atoms with Crippen molar-refractivity contribution in [3.05, 3.63) is 20.8 Å². The monoisotopic (exact) mass is 303 g/mol. The fraction of sp³-hybridized carbons (Fsp3) is 0.583. The number of carbonyl (C=O) groups excluding carboxylic acids is 1. The van der Waals surface area contributed by atoms with Crippen LogP contribution in [0.25, 0.3) is 0 Å². The van der Waals surface area contributed by atoms with Crippen LogP contribution in [-0.2, 0) is 0 Å². The Balaban J connectivity index is 2.51. The number of Topliss-reactive ketones (excluding diaryl/α,β-unsaturated/α-hetero) is 1. The van der Waals surface area contributed by atoms with E-state index in [9.17, 15) is 4.79 Å². The predicted octanol–water partition coefficient (Wildman–Crippen LogP) is 3.85. The first-order valence-corrected chi connectivity index (χ1v) is 7.10. The Morgan fingerprint density at radius 1 is 1.50 bits per heavy atom. The highest BCUT2D eigenvalue weighted by atomic mass is 79.9. The summed E-state index contributed by atoms with van der Waals surface area (Å²) in [6.07, 6.45) is 2.46. The molecule has 0 fully saturated rings. The molecule has 1 aromatic heterocycles. The standard InChI is InChI=1S/C12H18BrNOS/c1-12(2,6-7-14)5-3-10(15)11-9(13)4-8-16-11/h4,8H,3,5-7,14H2,1-2H3. The molecule has 2 nitrogen and oxygen atoms in total. The minimum absolute atomic E-state index is 0.161. The van der Waals surface area contributed by atoms with Gasteiger partial charge in [0.05, 0.1) is 4.88 Å². The summed E-state index contributed by atoms with van der Waals surface area (Å²) in [6.45, 7) is 5.01. The van der Waals surface area contributed by atoms with E-state index in [0.717, 1.165) is 22.2 Å². The molecule has 1 rings (SSSR count). The van der Waals surface area contributed by atoms with Crippen LogP contribution in [0.3, 0.4) is 0 Å². The Morgan fingerprint density at radius 2 is 2.19 bits per heavy atom. The van der Waals surface area contributed by atoms with Crippen molar-refractivity contribution in [1.82, 2.24) is 0 Å². The van der Waals surface area contributed by atoms with Crippen LogP contribution in [0.4, 0.5) is 0 Å². The summed E-state index contributed by atoms with van der Waals surface area (Å²) in [5.41, 5.74) is 5.71. The number of hydrogen-bond donors (Lipinski definition) is 1. The van der Waals surface area contributed by atoms with E-state index in [1.54, 1.807) is 0 Å². The third-order valence-corrected chi connectivity index (χ3v) is 4.60. The molecule has 16 heavy (non-hydrogen) atoms. The molecule has 4 heteroatoms. The number of hydrogen-bond acceptors (Lipinski definition) is 3. The zero-order valence-corrected chi connectivity index (χ0v) is 12.2. The maximum absolute atomic E-state index is 11.9.